The smallest absolute Gasteiger partial charge is 0.273 e. The number of H-pyrrole nitrogens is 1. The second-order valence-corrected chi connectivity index (χ2v) is 8.77. The van der Waals surface area contributed by atoms with E-state index in [-0.39, 0.29) is 33.3 Å². The first-order chi connectivity index (χ1) is 16.9. The molecule has 0 saturated carbocycles. The van der Waals surface area contributed by atoms with Gasteiger partial charge in [-0.15, -0.1) is 0 Å². The minimum Gasteiger partial charge on any atom is -0.383 e. The number of hydrogen-bond acceptors (Lipinski definition) is 7. The Morgan fingerprint density at radius 2 is 1.71 bits per heavy atom. The van der Waals surface area contributed by atoms with Crippen LogP contribution in [-0.4, -0.2) is 25.9 Å². The molecular weight excluding hydrogens is 462 g/mol. The van der Waals surface area contributed by atoms with Gasteiger partial charge in [0, 0.05) is 11.6 Å². The van der Waals surface area contributed by atoms with Gasteiger partial charge in [0.1, 0.15) is 34.4 Å². The minimum absolute atomic E-state index is 0.0234. The molecule has 4 rings (SSSR count). The predicted octanol–water partition coefficient (Wildman–Crippen LogP) is 3.67. The van der Waals surface area contributed by atoms with Gasteiger partial charge in [-0.25, -0.2) is 9.67 Å². The van der Waals surface area contributed by atoms with Crippen LogP contribution in [0.3, 0.4) is 0 Å². The third-order valence-electron chi connectivity index (χ3n) is 5.13. The molecule has 2 aromatic carbocycles. The van der Waals surface area contributed by atoms with Crippen molar-refractivity contribution in [3.63, 3.8) is 0 Å². The van der Waals surface area contributed by atoms with E-state index in [9.17, 15) is 20.1 Å². The van der Waals surface area contributed by atoms with E-state index < -0.39 is 11.2 Å². The number of pyridine rings is 1. The van der Waals surface area contributed by atoms with Crippen LogP contribution in [0.1, 0.15) is 18.1 Å². The van der Waals surface area contributed by atoms with E-state index in [0.717, 1.165) is 11.8 Å². The molecule has 2 aromatic heterocycles. The van der Waals surface area contributed by atoms with Crippen molar-refractivity contribution in [2.75, 3.05) is 11.1 Å². The molecule has 1 atom stereocenters. The van der Waals surface area contributed by atoms with Crippen molar-refractivity contribution in [1.82, 2.24) is 14.8 Å². The number of nitrogens with one attached hydrogen (secondary N) is 2. The summed E-state index contributed by atoms with van der Waals surface area (Å²) in [7, 11) is 0. The molecule has 9 nitrogen and oxygen atoms in total. The summed E-state index contributed by atoms with van der Waals surface area (Å²) in [5.74, 6) is -0.204. The molecule has 10 heteroatoms. The summed E-state index contributed by atoms with van der Waals surface area (Å²) in [6, 6.07) is 23.3. The highest BCUT2D eigenvalue weighted by Crippen LogP contribution is 2.36. The van der Waals surface area contributed by atoms with E-state index in [1.165, 1.54) is 10.7 Å². The topological polar surface area (TPSA) is 153 Å². The van der Waals surface area contributed by atoms with E-state index in [0.29, 0.717) is 16.8 Å². The van der Waals surface area contributed by atoms with Crippen LogP contribution >= 0.6 is 11.8 Å². The fourth-order valence-corrected chi connectivity index (χ4v) is 4.38. The fraction of sp³-hybridized carbons (Fsp3) is 0.0800. The number of nitrogens with two attached hydrogens (primary N) is 1. The van der Waals surface area contributed by atoms with Gasteiger partial charge in [0.2, 0.25) is 5.91 Å². The number of aromatic amines is 1. The Morgan fingerprint density at radius 3 is 2.34 bits per heavy atom. The van der Waals surface area contributed by atoms with Crippen LogP contribution in [0.15, 0.2) is 76.6 Å². The minimum atomic E-state index is -0.700. The zero-order valence-corrected chi connectivity index (χ0v) is 19.3. The van der Waals surface area contributed by atoms with Gasteiger partial charge in [-0.2, -0.15) is 10.5 Å². The molecule has 35 heavy (non-hydrogen) atoms. The lowest BCUT2D eigenvalue weighted by molar-refractivity contribution is -0.115. The second-order valence-electron chi connectivity index (χ2n) is 7.45. The number of nitrogens with zero attached hydrogens (tertiary/aromatic N) is 4. The Labute approximate surface area is 204 Å². The van der Waals surface area contributed by atoms with E-state index in [1.807, 2.05) is 18.2 Å². The molecule has 4 N–H and O–H groups in total. The summed E-state index contributed by atoms with van der Waals surface area (Å²) in [6.45, 7) is 1.64. The number of rotatable bonds is 6. The molecule has 0 radical (unpaired) electrons. The Morgan fingerprint density at radius 1 is 1.09 bits per heavy atom. The van der Waals surface area contributed by atoms with E-state index >= 15 is 0 Å². The summed E-state index contributed by atoms with van der Waals surface area (Å²) in [5.41, 5.74) is 7.64. The number of hydrogen-bond donors (Lipinski definition) is 3. The zero-order chi connectivity index (χ0) is 24.9. The highest BCUT2D eigenvalue weighted by atomic mass is 32.2. The third kappa shape index (κ3) is 4.78. The number of carbonyl (C=O) groups is 1. The first kappa shape index (κ1) is 23.4. The van der Waals surface area contributed by atoms with Crippen molar-refractivity contribution in [3.8, 4) is 29.0 Å². The average molecular weight is 482 g/mol. The Kier molecular flexibility index (Phi) is 6.67. The van der Waals surface area contributed by atoms with Crippen LogP contribution in [0, 0.1) is 22.7 Å². The van der Waals surface area contributed by atoms with E-state index in [2.05, 4.69) is 21.5 Å². The molecule has 0 aliphatic heterocycles. The first-order valence-electron chi connectivity index (χ1n) is 10.5. The lowest BCUT2D eigenvalue weighted by atomic mass is 9.97. The highest BCUT2D eigenvalue weighted by Gasteiger charge is 2.24. The first-order valence-corrected chi connectivity index (χ1v) is 11.3. The summed E-state index contributed by atoms with van der Waals surface area (Å²) in [6.07, 6.45) is 0. The van der Waals surface area contributed by atoms with Gasteiger partial charge in [-0.1, -0.05) is 60.3 Å². The number of nitriles is 2. The molecule has 0 aliphatic rings. The molecule has 0 aliphatic carbocycles. The maximum absolute atomic E-state index is 12.9. The van der Waals surface area contributed by atoms with Gasteiger partial charge in [0.15, 0.2) is 0 Å². The van der Waals surface area contributed by atoms with Crippen molar-refractivity contribution in [2.24, 2.45) is 0 Å². The number of amides is 1. The van der Waals surface area contributed by atoms with Crippen molar-refractivity contribution >= 4 is 29.3 Å². The number of benzene rings is 2. The number of thioether (sulfide) groups is 1. The molecule has 0 saturated heterocycles. The Balaban J connectivity index is 1.61. The van der Waals surface area contributed by atoms with Gasteiger partial charge >= 0.3 is 0 Å². The lowest BCUT2D eigenvalue weighted by Crippen LogP contribution is -2.23. The van der Waals surface area contributed by atoms with Crippen LogP contribution in [-0.2, 0) is 4.79 Å². The molecule has 0 spiro atoms. The molecular formula is C25H19N7O2S. The predicted molar refractivity (Wildman–Crippen MR) is 134 cm³/mol. The van der Waals surface area contributed by atoms with Crippen molar-refractivity contribution in [2.45, 2.75) is 17.2 Å². The van der Waals surface area contributed by atoms with Crippen LogP contribution in [0.4, 0.5) is 11.6 Å². The summed E-state index contributed by atoms with van der Waals surface area (Å²) in [5, 5.41) is 24.6. The van der Waals surface area contributed by atoms with Crippen molar-refractivity contribution < 1.29 is 4.79 Å². The quantitative estimate of drug-likeness (QED) is 0.355. The standard InChI is InChI=1S/C25H19N7O2S/c1-15(24(34)29-20-12-21(33)32(31-20)17-10-6-3-7-11-17)35-25-19(14-27)22(16-8-4-2-5-9-16)18(13-26)23(28)30-25/h2-12,15,31H,1H3,(H2,28,30)(H,29,34). The number of para-hydroxylation sites is 1. The van der Waals surface area contributed by atoms with Gasteiger partial charge in [0.25, 0.3) is 5.56 Å². The normalized spacial score (nSPS) is 11.3. The molecule has 0 fully saturated rings. The van der Waals surface area contributed by atoms with Gasteiger partial charge in [0.05, 0.1) is 16.5 Å². The van der Waals surface area contributed by atoms with Crippen LogP contribution in [0.2, 0.25) is 0 Å². The Bertz CT molecular complexity index is 1530. The van der Waals surface area contributed by atoms with Crippen LogP contribution in [0.25, 0.3) is 16.8 Å². The number of aromatic nitrogens is 3. The van der Waals surface area contributed by atoms with E-state index in [4.69, 9.17) is 5.73 Å². The van der Waals surface area contributed by atoms with Gasteiger partial charge < -0.3 is 11.1 Å². The average Bonchev–Trinajstić information content (AvgIpc) is 3.24. The zero-order valence-electron chi connectivity index (χ0n) is 18.5. The molecule has 4 aromatic rings. The summed E-state index contributed by atoms with van der Waals surface area (Å²) < 4.78 is 1.32. The summed E-state index contributed by atoms with van der Waals surface area (Å²) in [4.78, 5) is 29.4. The molecule has 172 valence electrons. The maximum atomic E-state index is 12.9. The van der Waals surface area contributed by atoms with Crippen LogP contribution in [0.5, 0.6) is 0 Å². The maximum Gasteiger partial charge on any atom is 0.273 e. The highest BCUT2D eigenvalue weighted by molar-refractivity contribution is 8.00. The van der Waals surface area contributed by atoms with Gasteiger partial charge in [-0.3, -0.25) is 14.7 Å². The molecule has 1 amide bonds. The largest absolute Gasteiger partial charge is 0.383 e. The van der Waals surface area contributed by atoms with Gasteiger partial charge in [-0.05, 0) is 24.6 Å². The van der Waals surface area contributed by atoms with Crippen LogP contribution < -0.4 is 16.6 Å². The molecule has 0 bridgehead atoms. The third-order valence-corrected chi connectivity index (χ3v) is 6.21. The number of carbonyl (C=O) groups excluding carboxylic acids is 1. The Hall–Kier alpha value is -4.80. The summed E-state index contributed by atoms with van der Waals surface area (Å²) >= 11 is 1.04. The second kappa shape index (κ2) is 10.00. The number of anilines is 2. The number of nitrogen functional groups attached to an aromatic ring is 1. The monoisotopic (exact) mass is 481 g/mol. The molecule has 1 unspecified atom stereocenters. The van der Waals surface area contributed by atoms with Crippen molar-refractivity contribution in [3.05, 3.63) is 88.2 Å². The fourth-order valence-electron chi connectivity index (χ4n) is 3.46. The SMILES string of the molecule is CC(Sc1nc(N)c(C#N)c(-c2ccccc2)c1C#N)C(=O)Nc1cc(=O)n(-c2ccccc2)[nH]1. The molecule has 2 heterocycles. The van der Waals surface area contributed by atoms with E-state index in [1.54, 1.807) is 55.5 Å². The van der Waals surface area contributed by atoms with Crippen molar-refractivity contribution in [1.29, 1.82) is 10.5 Å². The lowest BCUT2D eigenvalue weighted by Gasteiger charge is -2.15.